The van der Waals surface area contributed by atoms with Gasteiger partial charge in [0.2, 0.25) is 0 Å². The second kappa shape index (κ2) is 2.46. The van der Waals surface area contributed by atoms with Crippen molar-refractivity contribution in [3.8, 4) is 0 Å². The molecule has 0 unspecified atom stereocenters. The number of hydroxylamine groups is 1. The fourth-order valence-corrected chi connectivity index (χ4v) is 1.12. The lowest BCUT2D eigenvalue weighted by atomic mass is 10.4. The molecule has 12 heavy (non-hydrogen) atoms. The van der Waals surface area contributed by atoms with Crippen LogP contribution in [-0.2, 0) is 0 Å². The van der Waals surface area contributed by atoms with Crippen LogP contribution in [0.2, 0.25) is 0 Å². The molecule has 2 N–H and O–H groups in total. The molecule has 0 spiro atoms. The zero-order chi connectivity index (χ0) is 8.55. The van der Waals surface area contributed by atoms with E-state index in [2.05, 4.69) is 15.0 Å². The summed E-state index contributed by atoms with van der Waals surface area (Å²) < 4.78 is 0. The van der Waals surface area contributed by atoms with Crippen molar-refractivity contribution in [1.29, 1.82) is 0 Å². The third-order valence-electron chi connectivity index (χ3n) is 1.64. The number of aromatic amines is 1. The van der Waals surface area contributed by atoms with Crippen molar-refractivity contribution in [3.05, 3.63) is 18.6 Å². The highest BCUT2D eigenvalue weighted by Gasteiger charge is 2.05. The summed E-state index contributed by atoms with van der Waals surface area (Å²) in [5, 5.41) is 10.9. The van der Waals surface area contributed by atoms with Crippen molar-refractivity contribution in [1.82, 2.24) is 15.0 Å². The molecule has 62 valence electrons. The summed E-state index contributed by atoms with van der Waals surface area (Å²) in [5.74, 6) is 0.501. The second-order valence-corrected chi connectivity index (χ2v) is 2.46. The van der Waals surface area contributed by atoms with Crippen molar-refractivity contribution < 1.29 is 5.21 Å². The molecule has 0 bridgehead atoms. The molecule has 0 aromatic carbocycles. The number of fused-ring (bicyclic) bond motifs is 1. The number of anilines is 1. The summed E-state index contributed by atoms with van der Waals surface area (Å²) >= 11 is 0. The first-order valence-electron chi connectivity index (χ1n) is 3.50. The first kappa shape index (κ1) is 7.05. The summed E-state index contributed by atoms with van der Waals surface area (Å²) in [6, 6.07) is 1.82. The monoisotopic (exact) mass is 164 g/mol. The van der Waals surface area contributed by atoms with Crippen LogP contribution in [0.15, 0.2) is 18.6 Å². The first-order valence-corrected chi connectivity index (χ1v) is 3.50. The minimum atomic E-state index is 0.501. The minimum Gasteiger partial charge on any atom is -0.346 e. The van der Waals surface area contributed by atoms with Gasteiger partial charge in [0.1, 0.15) is 12.0 Å². The van der Waals surface area contributed by atoms with Crippen LogP contribution in [0.25, 0.3) is 11.0 Å². The van der Waals surface area contributed by atoms with Gasteiger partial charge in [-0.2, -0.15) is 0 Å². The highest BCUT2D eigenvalue weighted by molar-refractivity contribution is 5.86. The molecule has 2 aromatic heterocycles. The predicted octanol–water partition coefficient (Wildman–Crippen LogP) is 0.783. The number of aromatic nitrogens is 3. The van der Waals surface area contributed by atoms with Gasteiger partial charge in [-0.3, -0.25) is 5.21 Å². The van der Waals surface area contributed by atoms with Crippen molar-refractivity contribution in [3.63, 3.8) is 0 Å². The van der Waals surface area contributed by atoms with Gasteiger partial charge in [0.05, 0.1) is 5.39 Å². The highest BCUT2D eigenvalue weighted by Crippen LogP contribution is 2.18. The van der Waals surface area contributed by atoms with E-state index in [1.807, 2.05) is 6.07 Å². The van der Waals surface area contributed by atoms with Crippen LogP contribution in [0.4, 0.5) is 5.82 Å². The molecule has 2 aromatic rings. The van der Waals surface area contributed by atoms with Gasteiger partial charge in [0.25, 0.3) is 0 Å². The topological polar surface area (TPSA) is 65.0 Å². The summed E-state index contributed by atoms with van der Waals surface area (Å²) in [5.41, 5.74) is 0.723. The summed E-state index contributed by atoms with van der Waals surface area (Å²) in [4.78, 5) is 10.8. The third-order valence-corrected chi connectivity index (χ3v) is 1.64. The Hall–Kier alpha value is -1.62. The normalized spacial score (nSPS) is 10.5. The average Bonchev–Trinajstić information content (AvgIpc) is 2.49. The van der Waals surface area contributed by atoms with Crippen molar-refractivity contribution in [2.75, 3.05) is 12.1 Å². The maximum atomic E-state index is 9.17. The largest absolute Gasteiger partial charge is 0.346 e. The molecule has 0 fully saturated rings. The Morgan fingerprint density at radius 2 is 2.33 bits per heavy atom. The van der Waals surface area contributed by atoms with Crippen molar-refractivity contribution >= 4 is 16.9 Å². The van der Waals surface area contributed by atoms with Gasteiger partial charge in [0.15, 0.2) is 5.82 Å². The lowest BCUT2D eigenvalue weighted by molar-refractivity contribution is 0.277. The number of hydrogen-bond acceptors (Lipinski definition) is 4. The lowest BCUT2D eigenvalue weighted by Gasteiger charge is -2.08. The van der Waals surface area contributed by atoms with Crippen LogP contribution in [0.1, 0.15) is 0 Å². The van der Waals surface area contributed by atoms with E-state index in [1.54, 1.807) is 6.20 Å². The van der Waals surface area contributed by atoms with Crippen molar-refractivity contribution in [2.24, 2.45) is 0 Å². The van der Waals surface area contributed by atoms with E-state index < -0.39 is 0 Å². The Balaban J connectivity index is 2.73. The van der Waals surface area contributed by atoms with E-state index in [0.717, 1.165) is 16.1 Å². The molecule has 0 atom stereocenters. The van der Waals surface area contributed by atoms with Gasteiger partial charge >= 0.3 is 0 Å². The molecule has 5 nitrogen and oxygen atoms in total. The Kier molecular flexibility index (Phi) is 1.44. The molecule has 0 saturated heterocycles. The van der Waals surface area contributed by atoms with Crippen LogP contribution < -0.4 is 5.06 Å². The summed E-state index contributed by atoms with van der Waals surface area (Å²) in [6.07, 6.45) is 3.16. The molecule has 0 amide bonds. The van der Waals surface area contributed by atoms with Crippen LogP contribution in [-0.4, -0.2) is 27.2 Å². The molecule has 2 rings (SSSR count). The van der Waals surface area contributed by atoms with Gasteiger partial charge in [-0.15, -0.1) is 0 Å². The molecule has 5 heteroatoms. The Labute approximate surface area is 68.6 Å². The van der Waals surface area contributed by atoms with E-state index in [0.29, 0.717) is 5.82 Å². The molecular formula is C7H8N4O. The quantitative estimate of drug-likeness (QED) is 0.611. The second-order valence-electron chi connectivity index (χ2n) is 2.46. The first-order chi connectivity index (χ1) is 5.79. The number of nitrogens with zero attached hydrogens (tertiary/aromatic N) is 3. The van der Waals surface area contributed by atoms with Crippen LogP contribution in [0.5, 0.6) is 0 Å². The van der Waals surface area contributed by atoms with Gasteiger partial charge in [-0.05, 0) is 6.07 Å². The van der Waals surface area contributed by atoms with E-state index in [4.69, 9.17) is 5.21 Å². The number of nitrogens with one attached hydrogen (secondary N) is 1. The Morgan fingerprint density at radius 1 is 1.50 bits per heavy atom. The lowest BCUT2D eigenvalue weighted by Crippen LogP contribution is -2.11. The van der Waals surface area contributed by atoms with E-state index >= 15 is 0 Å². The summed E-state index contributed by atoms with van der Waals surface area (Å²) in [6.45, 7) is 0. The maximum absolute atomic E-state index is 9.17. The van der Waals surface area contributed by atoms with Gasteiger partial charge < -0.3 is 4.98 Å². The standard InChI is InChI=1S/C7H8N4O/c1-11(12)7-5-2-3-8-6(5)9-4-10-7/h2-4,12H,1H3,(H,8,9,10). The third kappa shape index (κ3) is 0.911. The molecule has 0 aliphatic rings. The minimum absolute atomic E-state index is 0.501. The van der Waals surface area contributed by atoms with Gasteiger partial charge in [0, 0.05) is 13.2 Å². The Bertz CT molecular complexity index is 395. The molecule has 0 aliphatic heterocycles. The Morgan fingerprint density at radius 3 is 3.08 bits per heavy atom. The number of hydrogen-bond donors (Lipinski definition) is 2. The van der Waals surface area contributed by atoms with E-state index in [1.165, 1.54) is 13.4 Å². The average molecular weight is 164 g/mol. The number of rotatable bonds is 1. The molecule has 0 aliphatic carbocycles. The highest BCUT2D eigenvalue weighted by atomic mass is 16.5. The molecule has 0 saturated carbocycles. The van der Waals surface area contributed by atoms with Crippen molar-refractivity contribution in [2.45, 2.75) is 0 Å². The smallest absolute Gasteiger partial charge is 0.164 e. The SMILES string of the molecule is CN(O)c1ncnc2[nH]ccc12. The van der Waals surface area contributed by atoms with Crippen LogP contribution in [0, 0.1) is 0 Å². The van der Waals surface area contributed by atoms with Gasteiger partial charge in [-0.1, -0.05) is 0 Å². The maximum Gasteiger partial charge on any atom is 0.164 e. The number of H-pyrrole nitrogens is 1. The molecule has 0 radical (unpaired) electrons. The predicted molar refractivity (Wildman–Crippen MR) is 44.1 cm³/mol. The summed E-state index contributed by atoms with van der Waals surface area (Å²) in [7, 11) is 1.52. The zero-order valence-corrected chi connectivity index (χ0v) is 6.52. The van der Waals surface area contributed by atoms with Crippen LogP contribution in [0.3, 0.4) is 0 Å². The molecule has 2 heterocycles. The van der Waals surface area contributed by atoms with Crippen LogP contribution >= 0.6 is 0 Å². The fraction of sp³-hybridized carbons (Fsp3) is 0.143. The molecular weight excluding hydrogens is 156 g/mol. The van der Waals surface area contributed by atoms with E-state index in [-0.39, 0.29) is 0 Å². The van der Waals surface area contributed by atoms with E-state index in [9.17, 15) is 0 Å². The van der Waals surface area contributed by atoms with Gasteiger partial charge in [-0.25, -0.2) is 15.0 Å². The zero-order valence-electron chi connectivity index (χ0n) is 6.52. The fourth-order valence-electron chi connectivity index (χ4n) is 1.12.